The number of halogens is 1. The van der Waals surface area contributed by atoms with Crippen LogP contribution < -0.4 is 4.72 Å². The van der Waals surface area contributed by atoms with Crippen LogP contribution >= 0.6 is 27.9 Å². The van der Waals surface area contributed by atoms with E-state index in [1.165, 1.54) is 0 Å². The highest BCUT2D eigenvalue weighted by atomic mass is 79.9. The minimum atomic E-state index is 1.12. The average Bonchev–Trinajstić information content (AvgIpc) is 1.69. The summed E-state index contributed by atoms with van der Waals surface area (Å²) >= 11 is 4.86. The third kappa shape index (κ3) is 1.57. The number of hydrogen-bond donors (Lipinski definition) is 1. The van der Waals surface area contributed by atoms with E-state index in [9.17, 15) is 0 Å². The van der Waals surface area contributed by atoms with Crippen molar-refractivity contribution in [1.82, 2.24) is 4.72 Å². The van der Waals surface area contributed by atoms with E-state index in [4.69, 9.17) is 0 Å². The van der Waals surface area contributed by atoms with E-state index < -0.39 is 0 Å². The fraction of sp³-hybridized carbons (Fsp3) is 0. The number of hydrogen-bond acceptors (Lipinski definition) is 2. The Morgan fingerprint density at radius 1 is 1.71 bits per heavy atom. The van der Waals surface area contributed by atoms with Crippen LogP contribution in [0.4, 0.5) is 0 Å². The molecule has 0 amide bonds. The monoisotopic (exact) mass is 177 g/mol. The molecule has 1 nitrogen and oxygen atoms in total. The molecule has 0 radical (unpaired) electrons. The van der Waals surface area contributed by atoms with Gasteiger partial charge in [-0.05, 0) is 18.0 Å². The zero-order chi connectivity index (χ0) is 5.11. The molecule has 1 N–H and O–H groups in total. The molecule has 0 aromatic heterocycles. The summed E-state index contributed by atoms with van der Waals surface area (Å²) in [5.74, 6) is 0. The topological polar surface area (TPSA) is 12.0 Å². The van der Waals surface area contributed by atoms with Crippen molar-refractivity contribution in [3.63, 3.8) is 0 Å². The first-order chi connectivity index (χ1) is 3.39. The molecule has 0 atom stereocenters. The van der Waals surface area contributed by atoms with Crippen LogP contribution in [0.25, 0.3) is 0 Å². The van der Waals surface area contributed by atoms with Crippen LogP contribution in [-0.2, 0) is 0 Å². The molecule has 0 saturated heterocycles. The Kier molecular flexibility index (Phi) is 1.82. The Bertz CT molecular complexity index is 119. The van der Waals surface area contributed by atoms with Crippen LogP contribution in [0.3, 0.4) is 0 Å². The largest absolute Gasteiger partial charge is 0.333 e. The first-order valence-corrected chi connectivity index (χ1v) is 3.50. The van der Waals surface area contributed by atoms with E-state index in [-0.39, 0.29) is 0 Å². The van der Waals surface area contributed by atoms with Crippen molar-refractivity contribution in [1.29, 1.82) is 0 Å². The van der Waals surface area contributed by atoms with Crippen molar-refractivity contribution in [2.75, 3.05) is 0 Å². The highest BCUT2D eigenvalue weighted by molar-refractivity contribution is 9.12. The van der Waals surface area contributed by atoms with Gasteiger partial charge in [0.15, 0.2) is 0 Å². The van der Waals surface area contributed by atoms with Crippen LogP contribution in [0.5, 0.6) is 0 Å². The highest BCUT2D eigenvalue weighted by Gasteiger charge is 1.87. The third-order valence-corrected chi connectivity index (χ3v) is 1.99. The summed E-state index contributed by atoms with van der Waals surface area (Å²) in [5, 5.41) is 1.99. The Morgan fingerprint density at radius 3 is 2.86 bits per heavy atom. The minimum absolute atomic E-state index is 1.12. The zero-order valence-electron chi connectivity index (χ0n) is 3.52. The Balaban J connectivity index is 2.58. The van der Waals surface area contributed by atoms with Crippen LogP contribution in [0.15, 0.2) is 22.2 Å². The second-order valence-corrected chi connectivity index (χ2v) is 2.69. The summed E-state index contributed by atoms with van der Waals surface area (Å²) in [6, 6.07) is 0. The summed E-state index contributed by atoms with van der Waals surface area (Å²) in [5.41, 5.74) is 0. The van der Waals surface area contributed by atoms with Crippen molar-refractivity contribution in [2.24, 2.45) is 0 Å². The van der Waals surface area contributed by atoms with Gasteiger partial charge in [-0.2, -0.15) is 0 Å². The molecule has 1 aliphatic heterocycles. The Morgan fingerprint density at radius 2 is 2.57 bits per heavy atom. The van der Waals surface area contributed by atoms with Crippen molar-refractivity contribution >= 4 is 27.9 Å². The second-order valence-electron chi connectivity index (χ2n) is 1.07. The molecular formula is C4H4BrNS. The molecule has 7 heavy (non-hydrogen) atoms. The highest BCUT2D eigenvalue weighted by Crippen LogP contribution is 2.14. The number of allylic oxidation sites excluding steroid dienone is 2. The third-order valence-electron chi connectivity index (χ3n) is 0.550. The van der Waals surface area contributed by atoms with Gasteiger partial charge in [-0.25, -0.2) is 0 Å². The van der Waals surface area contributed by atoms with Gasteiger partial charge < -0.3 is 4.72 Å². The van der Waals surface area contributed by atoms with E-state index >= 15 is 0 Å². The molecule has 0 aromatic carbocycles. The first-order valence-electron chi connectivity index (χ1n) is 1.83. The molecule has 1 heterocycles. The molecule has 0 saturated carbocycles. The molecular weight excluding hydrogens is 174 g/mol. The average molecular weight is 178 g/mol. The van der Waals surface area contributed by atoms with Crippen molar-refractivity contribution in [3.05, 3.63) is 22.2 Å². The van der Waals surface area contributed by atoms with Gasteiger partial charge in [0.1, 0.15) is 0 Å². The lowest BCUT2D eigenvalue weighted by molar-refractivity contribution is 1.41. The predicted molar refractivity (Wildman–Crippen MR) is 36.9 cm³/mol. The van der Waals surface area contributed by atoms with Gasteiger partial charge in [0.05, 0.1) is 0 Å². The molecule has 0 aromatic rings. The SMILES string of the molecule is BrC1=CSNC=C1. The molecule has 3 heteroatoms. The maximum absolute atomic E-state index is 3.30. The minimum Gasteiger partial charge on any atom is -0.333 e. The van der Waals surface area contributed by atoms with Crippen LogP contribution in [0.2, 0.25) is 0 Å². The molecule has 38 valence electrons. The predicted octanol–water partition coefficient (Wildman–Crippen LogP) is 1.99. The molecule has 0 aliphatic carbocycles. The van der Waals surface area contributed by atoms with Gasteiger partial charge in [0.25, 0.3) is 0 Å². The molecule has 1 rings (SSSR count). The lowest BCUT2D eigenvalue weighted by Gasteiger charge is -1.98. The van der Waals surface area contributed by atoms with Gasteiger partial charge in [-0.1, -0.05) is 15.9 Å². The smallest absolute Gasteiger partial charge is 0.0270 e. The first kappa shape index (κ1) is 5.25. The van der Waals surface area contributed by atoms with Crippen molar-refractivity contribution in [2.45, 2.75) is 0 Å². The van der Waals surface area contributed by atoms with Gasteiger partial charge >= 0.3 is 0 Å². The summed E-state index contributed by atoms with van der Waals surface area (Å²) in [4.78, 5) is 0. The molecule has 1 aliphatic rings. The summed E-state index contributed by atoms with van der Waals surface area (Å²) < 4.78 is 4.07. The number of nitrogens with one attached hydrogen (secondary N) is 1. The number of rotatable bonds is 0. The fourth-order valence-corrected chi connectivity index (χ4v) is 1.10. The molecule has 0 unspecified atom stereocenters. The normalized spacial score (nSPS) is 18.1. The standard InChI is InChI=1S/C4H4BrNS/c5-4-1-2-6-7-3-4/h1-3,6H. The van der Waals surface area contributed by atoms with Gasteiger partial charge in [-0.15, -0.1) is 0 Å². The molecule has 0 bridgehead atoms. The van der Waals surface area contributed by atoms with E-state index in [0.717, 1.165) is 4.48 Å². The van der Waals surface area contributed by atoms with E-state index in [1.807, 2.05) is 17.7 Å². The maximum atomic E-state index is 3.30. The van der Waals surface area contributed by atoms with Gasteiger partial charge in [-0.3, -0.25) is 0 Å². The van der Waals surface area contributed by atoms with Crippen LogP contribution in [0.1, 0.15) is 0 Å². The van der Waals surface area contributed by atoms with E-state index in [0.29, 0.717) is 0 Å². The van der Waals surface area contributed by atoms with Gasteiger partial charge in [0, 0.05) is 16.1 Å². The summed E-state index contributed by atoms with van der Waals surface area (Å²) in [7, 11) is 0. The van der Waals surface area contributed by atoms with Crippen LogP contribution in [0, 0.1) is 0 Å². The molecule has 0 spiro atoms. The van der Waals surface area contributed by atoms with Crippen molar-refractivity contribution < 1.29 is 0 Å². The van der Waals surface area contributed by atoms with E-state index in [1.54, 1.807) is 11.9 Å². The second kappa shape index (κ2) is 2.43. The Labute approximate surface area is 55.1 Å². The molecule has 0 fully saturated rings. The summed E-state index contributed by atoms with van der Waals surface area (Å²) in [6.45, 7) is 0. The lowest BCUT2D eigenvalue weighted by atomic mass is 10.6. The maximum Gasteiger partial charge on any atom is 0.0270 e. The van der Waals surface area contributed by atoms with E-state index in [2.05, 4.69) is 20.7 Å². The van der Waals surface area contributed by atoms with Gasteiger partial charge in [0.2, 0.25) is 0 Å². The zero-order valence-corrected chi connectivity index (χ0v) is 5.92. The van der Waals surface area contributed by atoms with Crippen molar-refractivity contribution in [3.8, 4) is 0 Å². The lowest BCUT2D eigenvalue weighted by Crippen LogP contribution is -1.90. The Hall–Kier alpha value is 0.110. The fourth-order valence-electron chi connectivity index (χ4n) is 0.283. The quantitative estimate of drug-likeness (QED) is 0.569. The van der Waals surface area contributed by atoms with Crippen LogP contribution in [-0.4, -0.2) is 0 Å². The summed E-state index contributed by atoms with van der Waals surface area (Å²) in [6.07, 6.45) is 3.84.